The van der Waals surface area contributed by atoms with Crippen molar-refractivity contribution in [2.45, 2.75) is 51.5 Å². The standard InChI is InChI=1S/C21H28N2O4/c1-15(24)23-14-21(13-17(23)18(25)26)9-11-22(12-10-21)19(27)20(2,3)16-7-5-4-6-8-16/h4-8,17H,9-14H2,1-3H3,(H,25,26)/t17-/m0/s1. The maximum Gasteiger partial charge on any atom is 0.326 e. The van der Waals surface area contributed by atoms with Crippen molar-refractivity contribution < 1.29 is 19.5 Å². The molecule has 0 aromatic heterocycles. The largest absolute Gasteiger partial charge is 0.480 e. The van der Waals surface area contributed by atoms with Crippen LogP contribution in [0.25, 0.3) is 0 Å². The quantitative estimate of drug-likeness (QED) is 0.883. The Hall–Kier alpha value is -2.37. The average molecular weight is 372 g/mol. The van der Waals surface area contributed by atoms with Gasteiger partial charge in [-0.15, -0.1) is 0 Å². The molecular weight excluding hydrogens is 344 g/mol. The molecule has 0 radical (unpaired) electrons. The second-order valence-electron chi connectivity index (χ2n) is 8.49. The Morgan fingerprint density at radius 3 is 2.19 bits per heavy atom. The third-order valence-corrected chi connectivity index (χ3v) is 6.34. The summed E-state index contributed by atoms with van der Waals surface area (Å²) in [7, 11) is 0. The molecule has 2 saturated heterocycles. The van der Waals surface area contributed by atoms with E-state index in [0.29, 0.717) is 26.1 Å². The third-order valence-electron chi connectivity index (χ3n) is 6.34. The van der Waals surface area contributed by atoms with E-state index >= 15 is 0 Å². The van der Waals surface area contributed by atoms with Gasteiger partial charge in [0.15, 0.2) is 0 Å². The second kappa shape index (κ2) is 6.98. The molecule has 146 valence electrons. The van der Waals surface area contributed by atoms with E-state index in [0.717, 1.165) is 18.4 Å². The molecule has 27 heavy (non-hydrogen) atoms. The highest BCUT2D eigenvalue weighted by Crippen LogP contribution is 2.44. The van der Waals surface area contributed by atoms with E-state index in [1.165, 1.54) is 11.8 Å². The molecule has 0 bridgehead atoms. The molecule has 1 aromatic carbocycles. The van der Waals surface area contributed by atoms with E-state index < -0.39 is 17.4 Å². The normalized spacial score (nSPS) is 22.1. The molecular formula is C21H28N2O4. The van der Waals surface area contributed by atoms with Crippen LogP contribution in [0.1, 0.15) is 45.6 Å². The molecule has 2 heterocycles. The highest BCUT2D eigenvalue weighted by Gasteiger charge is 2.50. The number of rotatable bonds is 3. The molecule has 6 heteroatoms. The Labute approximate surface area is 160 Å². The zero-order valence-corrected chi connectivity index (χ0v) is 16.3. The summed E-state index contributed by atoms with van der Waals surface area (Å²) in [4.78, 5) is 39.9. The monoisotopic (exact) mass is 372 g/mol. The van der Waals surface area contributed by atoms with Crippen LogP contribution in [0.3, 0.4) is 0 Å². The van der Waals surface area contributed by atoms with Crippen LogP contribution in [0.5, 0.6) is 0 Å². The number of likely N-dealkylation sites (tertiary alicyclic amines) is 2. The van der Waals surface area contributed by atoms with Gasteiger partial charge in [0, 0.05) is 26.6 Å². The topological polar surface area (TPSA) is 77.9 Å². The van der Waals surface area contributed by atoms with Crippen molar-refractivity contribution in [3.05, 3.63) is 35.9 Å². The number of amides is 2. The third kappa shape index (κ3) is 3.57. The van der Waals surface area contributed by atoms with Gasteiger partial charge in [0.05, 0.1) is 5.41 Å². The van der Waals surface area contributed by atoms with Crippen molar-refractivity contribution in [2.24, 2.45) is 5.41 Å². The van der Waals surface area contributed by atoms with E-state index in [-0.39, 0.29) is 17.2 Å². The second-order valence-corrected chi connectivity index (χ2v) is 8.49. The number of aliphatic carboxylic acids is 1. The number of carbonyl (C=O) groups is 3. The van der Waals surface area contributed by atoms with Crippen LogP contribution in [0.2, 0.25) is 0 Å². The summed E-state index contributed by atoms with van der Waals surface area (Å²) >= 11 is 0. The number of carboxylic acids is 1. The SMILES string of the molecule is CC(=O)N1CC2(CCN(C(=O)C(C)(C)c3ccccc3)CC2)C[C@H]1C(=O)O. The molecule has 0 aliphatic carbocycles. The Bertz CT molecular complexity index is 712. The van der Waals surface area contributed by atoms with Gasteiger partial charge < -0.3 is 14.9 Å². The summed E-state index contributed by atoms with van der Waals surface area (Å²) in [5.74, 6) is -1.03. The fourth-order valence-electron chi connectivity index (χ4n) is 4.53. The van der Waals surface area contributed by atoms with E-state index in [2.05, 4.69) is 0 Å². The summed E-state index contributed by atoms with van der Waals surface area (Å²) < 4.78 is 0. The summed E-state index contributed by atoms with van der Waals surface area (Å²) in [6.07, 6.45) is 1.94. The lowest BCUT2D eigenvalue weighted by Crippen LogP contribution is -2.50. The van der Waals surface area contributed by atoms with Crippen LogP contribution < -0.4 is 0 Å². The number of hydrogen-bond donors (Lipinski definition) is 1. The van der Waals surface area contributed by atoms with Gasteiger partial charge in [0.2, 0.25) is 11.8 Å². The summed E-state index contributed by atoms with van der Waals surface area (Å²) in [5.41, 5.74) is 0.198. The summed E-state index contributed by atoms with van der Waals surface area (Å²) in [6, 6.07) is 9.03. The predicted octanol–water partition coefficient (Wildman–Crippen LogP) is 2.28. The van der Waals surface area contributed by atoms with Crippen LogP contribution >= 0.6 is 0 Å². The van der Waals surface area contributed by atoms with Gasteiger partial charge in [-0.3, -0.25) is 9.59 Å². The molecule has 1 N–H and O–H groups in total. The van der Waals surface area contributed by atoms with Gasteiger partial charge in [0.1, 0.15) is 6.04 Å². The van der Waals surface area contributed by atoms with Gasteiger partial charge >= 0.3 is 5.97 Å². The van der Waals surface area contributed by atoms with Crippen LogP contribution in [-0.4, -0.2) is 58.4 Å². The minimum absolute atomic E-state index is 0.0970. The van der Waals surface area contributed by atoms with Crippen molar-refractivity contribution in [1.29, 1.82) is 0 Å². The average Bonchev–Trinajstić information content (AvgIpc) is 3.02. The first-order valence-corrected chi connectivity index (χ1v) is 9.51. The molecule has 6 nitrogen and oxygen atoms in total. The van der Waals surface area contributed by atoms with Gasteiger partial charge in [0.25, 0.3) is 0 Å². The van der Waals surface area contributed by atoms with E-state index in [9.17, 15) is 19.5 Å². The number of hydrogen-bond acceptors (Lipinski definition) is 3. The Morgan fingerprint density at radius 2 is 1.70 bits per heavy atom. The van der Waals surface area contributed by atoms with E-state index in [1.807, 2.05) is 49.1 Å². The Kier molecular flexibility index (Phi) is 5.02. The van der Waals surface area contributed by atoms with Gasteiger partial charge in [-0.25, -0.2) is 4.79 Å². The van der Waals surface area contributed by atoms with Gasteiger partial charge in [-0.2, -0.15) is 0 Å². The van der Waals surface area contributed by atoms with E-state index in [1.54, 1.807) is 0 Å². The van der Waals surface area contributed by atoms with Crippen LogP contribution in [-0.2, 0) is 19.8 Å². The maximum absolute atomic E-state index is 13.1. The van der Waals surface area contributed by atoms with Crippen molar-refractivity contribution >= 4 is 17.8 Å². The van der Waals surface area contributed by atoms with Crippen LogP contribution in [0.4, 0.5) is 0 Å². The van der Waals surface area contributed by atoms with Gasteiger partial charge in [-0.05, 0) is 44.1 Å². The molecule has 0 unspecified atom stereocenters. The van der Waals surface area contributed by atoms with Crippen LogP contribution in [0.15, 0.2) is 30.3 Å². The summed E-state index contributed by atoms with van der Waals surface area (Å²) in [6.45, 7) is 7.00. The molecule has 0 saturated carbocycles. The lowest BCUT2D eigenvalue weighted by atomic mass is 9.75. The first-order chi connectivity index (χ1) is 12.7. The molecule has 2 amide bonds. The van der Waals surface area contributed by atoms with Crippen molar-refractivity contribution in [3.8, 4) is 0 Å². The smallest absolute Gasteiger partial charge is 0.326 e. The maximum atomic E-state index is 13.1. The van der Waals surface area contributed by atoms with Crippen molar-refractivity contribution in [3.63, 3.8) is 0 Å². The van der Waals surface area contributed by atoms with Crippen molar-refractivity contribution in [2.75, 3.05) is 19.6 Å². The molecule has 1 aromatic rings. The fraction of sp³-hybridized carbons (Fsp3) is 0.571. The molecule has 2 aliphatic rings. The fourth-order valence-corrected chi connectivity index (χ4v) is 4.53. The number of carboxylic acid groups (broad SMARTS) is 1. The molecule has 2 aliphatic heterocycles. The number of benzene rings is 1. The molecule has 3 rings (SSSR count). The molecule has 2 fully saturated rings. The number of piperidine rings is 1. The van der Waals surface area contributed by atoms with Crippen LogP contribution in [0, 0.1) is 5.41 Å². The first kappa shape index (κ1) is 19.4. The number of carbonyl (C=O) groups excluding carboxylic acids is 2. The van der Waals surface area contributed by atoms with E-state index in [4.69, 9.17) is 0 Å². The molecule has 1 atom stereocenters. The predicted molar refractivity (Wildman–Crippen MR) is 101 cm³/mol. The molecule has 1 spiro atoms. The minimum Gasteiger partial charge on any atom is -0.480 e. The minimum atomic E-state index is -0.939. The van der Waals surface area contributed by atoms with Crippen molar-refractivity contribution in [1.82, 2.24) is 9.80 Å². The highest BCUT2D eigenvalue weighted by molar-refractivity contribution is 5.87. The van der Waals surface area contributed by atoms with Gasteiger partial charge in [-0.1, -0.05) is 30.3 Å². The number of nitrogens with zero attached hydrogens (tertiary/aromatic N) is 2. The Morgan fingerprint density at radius 1 is 1.11 bits per heavy atom. The zero-order chi connectivity index (χ0) is 19.8. The first-order valence-electron chi connectivity index (χ1n) is 9.51. The highest BCUT2D eigenvalue weighted by atomic mass is 16.4. The lowest BCUT2D eigenvalue weighted by molar-refractivity contribution is -0.147. The lowest BCUT2D eigenvalue weighted by Gasteiger charge is -2.42. The Balaban J connectivity index is 1.69. The zero-order valence-electron chi connectivity index (χ0n) is 16.3. The summed E-state index contributed by atoms with van der Waals surface area (Å²) in [5, 5.41) is 9.46.